The second-order valence-electron chi connectivity index (χ2n) is 3.90. The zero-order valence-corrected chi connectivity index (χ0v) is 9.74. The lowest BCUT2D eigenvalue weighted by atomic mass is 10.2. The number of hydrogen-bond donors (Lipinski definition) is 0. The van der Waals surface area contributed by atoms with Crippen LogP contribution in [0.3, 0.4) is 0 Å². The predicted molar refractivity (Wildman–Crippen MR) is 62.2 cm³/mol. The topological polar surface area (TPSA) is 29.0 Å². The van der Waals surface area contributed by atoms with E-state index in [1.54, 1.807) is 6.20 Å². The molecule has 15 heavy (non-hydrogen) atoms. The van der Waals surface area contributed by atoms with Crippen LogP contribution >= 0.6 is 11.6 Å². The van der Waals surface area contributed by atoms with Gasteiger partial charge in [0.25, 0.3) is 0 Å². The van der Waals surface area contributed by atoms with Crippen molar-refractivity contribution in [2.45, 2.75) is 38.1 Å². The molecule has 1 aromatic heterocycles. The molecule has 0 saturated carbocycles. The van der Waals surface area contributed by atoms with Crippen molar-refractivity contribution < 1.29 is 0 Å². The van der Waals surface area contributed by atoms with Crippen LogP contribution in [0.5, 0.6) is 0 Å². The molecule has 0 spiro atoms. The monoisotopic (exact) mass is 225 g/mol. The Morgan fingerprint density at radius 2 is 2.40 bits per heavy atom. The van der Waals surface area contributed by atoms with Crippen molar-refractivity contribution >= 4 is 17.4 Å². The SMILES string of the molecule is CCC1CCCN1c1cncc(CCl)n1. The van der Waals surface area contributed by atoms with Crippen molar-refractivity contribution in [1.29, 1.82) is 0 Å². The molecule has 1 aromatic rings. The fourth-order valence-corrected chi connectivity index (χ4v) is 2.29. The summed E-state index contributed by atoms with van der Waals surface area (Å²) in [6.07, 6.45) is 7.26. The molecule has 0 amide bonds. The quantitative estimate of drug-likeness (QED) is 0.741. The van der Waals surface area contributed by atoms with Crippen molar-refractivity contribution in [2.24, 2.45) is 0 Å². The third-order valence-electron chi connectivity index (χ3n) is 2.95. The Kier molecular flexibility index (Phi) is 3.41. The maximum atomic E-state index is 5.75. The second-order valence-corrected chi connectivity index (χ2v) is 4.17. The molecule has 0 aromatic carbocycles. The van der Waals surface area contributed by atoms with Gasteiger partial charge in [-0.25, -0.2) is 4.98 Å². The Morgan fingerprint density at radius 1 is 1.53 bits per heavy atom. The molecule has 2 rings (SSSR count). The van der Waals surface area contributed by atoms with Crippen molar-refractivity contribution in [3.8, 4) is 0 Å². The summed E-state index contributed by atoms with van der Waals surface area (Å²) >= 11 is 5.75. The molecule has 1 saturated heterocycles. The third-order valence-corrected chi connectivity index (χ3v) is 3.23. The summed E-state index contributed by atoms with van der Waals surface area (Å²) < 4.78 is 0. The van der Waals surface area contributed by atoms with Crippen LogP contribution in [0.4, 0.5) is 5.82 Å². The van der Waals surface area contributed by atoms with Crippen molar-refractivity contribution in [1.82, 2.24) is 9.97 Å². The highest BCUT2D eigenvalue weighted by Crippen LogP contribution is 2.25. The lowest BCUT2D eigenvalue weighted by Gasteiger charge is -2.24. The van der Waals surface area contributed by atoms with E-state index in [-0.39, 0.29) is 0 Å². The highest BCUT2D eigenvalue weighted by Gasteiger charge is 2.24. The highest BCUT2D eigenvalue weighted by molar-refractivity contribution is 6.16. The first kappa shape index (κ1) is 10.7. The third kappa shape index (κ3) is 2.23. The first-order chi connectivity index (χ1) is 7.35. The molecular formula is C11H16ClN3. The lowest BCUT2D eigenvalue weighted by molar-refractivity contribution is 0.639. The maximum Gasteiger partial charge on any atom is 0.147 e. The highest BCUT2D eigenvalue weighted by atomic mass is 35.5. The van der Waals surface area contributed by atoms with Gasteiger partial charge in [0.1, 0.15) is 5.82 Å². The summed E-state index contributed by atoms with van der Waals surface area (Å²) in [5.74, 6) is 1.42. The molecule has 82 valence electrons. The van der Waals surface area contributed by atoms with E-state index in [2.05, 4.69) is 21.8 Å². The molecule has 0 aliphatic carbocycles. The molecule has 1 aliphatic rings. The molecule has 0 bridgehead atoms. The minimum atomic E-state index is 0.436. The van der Waals surface area contributed by atoms with Gasteiger partial charge in [-0.15, -0.1) is 11.6 Å². The van der Waals surface area contributed by atoms with Gasteiger partial charge in [0.2, 0.25) is 0 Å². The van der Waals surface area contributed by atoms with E-state index in [9.17, 15) is 0 Å². The van der Waals surface area contributed by atoms with Crippen molar-refractivity contribution in [2.75, 3.05) is 11.4 Å². The van der Waals surface area contributed by atoms with Crippen LogP contribution in [-0.4, -0.2) is 22.6 Å². The van der Waals surface area contributed by atoms with Crippen LogP contribution in [0.25, 0.3) is 0 Å². The number of aromatic nitrogens is 2. The van der Waals surface area contributed by atoms with Gasteiger partial charge in [0.05, 0.1) is 17.8 Å². The number of hydrogen-bond acceptors (Lipinski definition) is 3. The van der Waals surface area contributed by atoms with Gasteiger partial charge in [0, 0.05) is 18.8 Å². The predicted octanol–water partition coefficient (Wildman–Crippen LogP) is 2.59. The summed E-state index contributed by atoms with van der Waals surface area (Å²) in [6, 6.07) is 0.630. The van der Waals surface area contributed by atoms with Gasteiger partial charge >= 0.3 is 0 Å². The normalized spacial score (nSPS) is 20.9. The van der Waals surface area contributed by atoms with Gasteiger partial charge in [-0.05, 0) is 19.3 Å². The molecule has 1 fully saturated rings. The summed E-state index contributed by atoms with van der Waals surface area (Å²) in [4.78, 5) is 11.0. The molecule has 0 N–H and O–H groups in total. The van der Waals surface area contributed by atoms with Crippen LogP contribution in [0.15, 0.2) is 12.4 Å². The van der Waals surface area contributed by atoms with Gasteiger partial charge in [-0.2, -0.15) is 0 Å². The average Bonchev–Trinajstić information content (AvgIpc) is 2.77. The molecule has 0 radical (unpaired) electrons. The van der Waals surface area contributed by atoms with Crippen LogP contribution in [-0.2, 0) is 5.88 Å². The molecule has 4 heteroatoms. The fourth-order valence-electron chi connectivity index (χ4n) is 2.16. The van der Waals surface area contributed by atoms with E-state index in [0.717, 1.165) is 18.1 Å². The van der Waals surface area contributed by atoms with E-state index in [0.29, 0.717) is 11.9 Å². The number of anilines is 1. The largest absolute Gasteiger partial charge is 0.352 e. The van der Waals surface area contributed by atoms with E-state index < -0.39 is 0 Å². The summed E-state index contributed by atoms with van der Waals surface area (Å²) in [7, 11) is 0. The Bertz CT molecular complexity index is 329. The minimum Gasteiger partial charge on any atom is -0.352 e. The zero-order chi connectivity index (χ0) is 10.7. The van der Waals surface area contributed by atoms with Crippen LogP contribution < -0.4 is 4.90 Å². The van der Waals surface area contributed by atoms with E-state index in [4.69, 9.17) is 11.6 Å². The molecule has 1 aliphatic heterocycles. The van der Waals surface area contributed by atoms with Crippen molar-refractivity contribution in [3.05, 3.63) is 18.1 Å². The molecule has 1 atom stereocenters. The zero-order valence-electron chi connectivity index (χ0n) is 8.99. The number of nitrogens with zero attached hydrogens (tertiary/aromatic N) is 3. The first-order valence-corrected chi connectivity index (χ1v) is 6.02. The van der Waals surface area contributed by atoms with Crippen LogP contribution in [0.2, 0.25) is 0 Å². The summed E-state index contributed by atoms with van der Waals surface area (Å²) in [6.45, 7) is 3.32. The van der Waals surface area contributed by atoms with E-state index >= 15 is 0 Å². The maximum absolute atomic E-state index is 5.75. The number of rotatable bonds is 3. The van der Waals surface area contributed by atoms with Gasteiger partial charge in [-0.3, -0.25) is 4.98 Å². The lowest BCUT2D eigenvalue weighted by Crippen LogP contribution is -2.29. The van der Waals surface area contributed by atoms with Gasteiger partial charge in [-0.1, -0.05) is 6.92 Å². The standard InChI is InChI=1S/C11H16ClN3/c1-2-10-4-3-5-15(10)11-8-13-7-9(6-12)14-11/h7-8,10H,2-6H2,1H3. The van der Waals surface area contributed by atoms with Crippen LogP contribution in [0, 0.1) is 0 Å². The minimum absolute atomic E-state index is 0.436. The Balaban J connectivity index is 2.20. The van der Waals surface area contributed by atoms with Crippen LogP contribution in [0.1, 0.15) is 31.9 Å². The number of halogens is 1. The van der Waals surface area contributed by atoms with Crippen molar-refractivity contribution in [3.63, 3.8) is 0 Å². The Hall–Kier alpha value is -0.830. The molecule has 1 unspecified atom stereocenters. The average molecular weight is 226 g/mol. The van der Waals surface area contributed by atoms with E-state index in [1.807, 2.05) is 6.20 Å². The van der Waals surface area contributed by atoms with E-state index in [1.165, 1.54) is 19.3 Å². The second kappa shape index (κ2) is 4.79. The molecular weight excluding hydrogens is 210 g/mol. The van der Waals surface area contributed by atoms with Gasteiger partial charge < -0.3 is 4.90 Å². The summed E-state index contributed by atoms with van der Waals surface area (Å²) in [5.41, 5.74) is 0.857. The molecule has 2 heterocycles. The smallest absolute Gasteiger partial charge is 0.147 e. The van der Waals surface area contributed by atoms with Gasteiger partial charge in [0.15, 0.2) is 0 Å². The first-order valence-electron chi connectivity index (χ1n) is 5.48. The molecule has 3 nitrogen and oxygen atoms in total. The summed E-state index contributed by atoms with van der Waals surface area (Å²) in [5, 5.41) is 0. The Morgan fingerprint density at radius 3 is 3.13 bits per heavy atom. The fraction of sp³-hybridized carbons (Fsp3) is 0.636. The number of alkyl halides is 1. The Labute approximate surface area is 95.5 Å².